The molecule has 373 valence electrons. The van der Waals surface area contributed by atoms with Crippen molar-refractivity contribution in [2.45, 2.75) is 52.0 Å². The van der Waals surface area contributed by atoms with Crippen molar-refractivity contribution in [3.8, 4) is 11.4 Å². The normalized spacial score (nSPS) is 13.7. The first kappa shape index (κ1) is 139. The first-order chi connectivity index (χ1) is 27.3. The number of rotatable bonds is 13. The van der Waals surface area contributed by atoms with Crippen LogP contribution in [0.15, 0.2) is 121 Å². The van der Waals surface area contributed by atoms with Crippen LogP contribution in [-0.2, 0) is 709 Å². The maximum atomic E-state index is 15.0. The summed E-state index contributed by atoms with van der Waals surface area (Å²) in [7, 11) is 0. The molecule has 79 heavy (non-hydrogen) atoms. The zero-order valence-corrected chi connectivity index (χ0v) is 104. The number of aliphatic hydroxyl groups excluding tert-OH is 1. The molecule has 0 amide bonds. The Kier molecular flexibility index (Phi) is 134. The van der Waals surface area contributed by atoms with Crippen molar-refractivity contribution in [2.24, 2.45) is 5.92 Å². The van der Waals surface area contributed by atoms with E-state index in [4.69, 9.17) is 9.47 Å². The number of aliphatic hydroxyl groups is 1. The van der Waals surface area contributed by atoms with Gasteiger partial charge in [0.25, 0.3) is 0 Å². The van der Waals surface area contributed by atoms with Crippen LogP contribution in [0.25, 0.3) is 5.69 Å². The zero-order chi connectivity index (χ0) is 40.7. The van der Waals surface area contributed by atoms with Gasteiger partial charge < -0.3 is 29.1 Å². The van der Waals surface area contributed by atoms with Crippen molar-refractivity contribution in [1.29, 1.82) is 0 Å². The molecule has 4 heterocycles. The molecule has 0 saturated carbocycles. The average Bonchev–Trinajstić information content (AvgIpc) is 3.95. The zero-order valence-electron chi connectivity index (χ0n) is 44.5. The van der Waals surface area contributed by atoms with E-state index in [9.17, 15) is 18.7 Å². The molecule has 3 aromatic carbocycles. The van der Waals surface area contributed by atoms with Crippen LogP contribution in [0, 0.1) is 31.4 Å². The van der Waals surface area contributed by atoms with Crippen LogP contribution in [0.5, 0.6) is 5.75 Å². The van der Waals surface area contributed by atoms with Gasteiger partial charge >= 0.3 is 5.69 Å². The number of hydrogen-bond donors (Lipinski definition) is 1. The summed E-state index contributed by atoms with van der Waals surface area (Å²) >= 11 is 0. The molecular weight excluding hydrogens is 2610 g/mol. The summed E-state index contributed by atoms with van der Waals surface area (Å²) < 4.78 is 50.5. The summed E-state index contributed by atoms with van der Waals surface area (Å²) in [5, 5.41) is 14.1. The predicted molar refractivity (Wildman–Crippen MR) is 222 cm³/mol. The Balaban J connectivity index is -0.0000000833. The molecule has 2 aliphatic heterocycles. The number of imidazole rings is 1. The van der Waals surface area contributed by atoms with Crippen LogP contribution in [0.1, 0.15) is 39.3 Å². The van der Waals surface area contributed by atoms with E-state index in [1.807, 2.05) is 43.3 Å². The summed E-state index contributed by atoms with van der Waals surface area (Å²) in [6, 6.07) is 19.3. The van der Waals surface area contributed by atoms with Gasteiger partial charge in [0.15, 0.2) is 0 Å². The molecular formula is C44H53F2N7O5Y21-2. The SMILES string of the molecule is C.C=C([CH2-])OC(=C)[CH2-].C[C@H](O)[C@H](C)n1ccn(-c2ccc(N3CCN(c4ccc(OC[C@@H]5CO[C@@](Cn6cncn6)(c6ccc(F)cc6F)C5)cc4)CC3)cc2)c1=O.[Y].[Y].[Y].[Y].[Y].[Y].[Y].[Y].[Y].[Y].[Y].[Y].[Y].[Y].[Y].[Y].[Y].[Y].[Y].[Y].[Y]. The molecule has 7 rings (SSSR count). The smallest absolute Gasteiger partial charge is 0.333 e. The maximum Gasteiger partial charge on any atom is 0.333 e. The minimum absolute atomic E-state index is 0. The molecule has 0 spiro atoms. The largest absolute Gasteiger partial charge is 0.534 e. The van der Waals surface area contributed by atoms with Crippen LogP contribution >= 0.6 is 0 Å². The second-order valence-corrected chi connectivity index (χ2v) is 14.4. The van der Waals surface area contributed by atoms with Gasteiger partial charge in [-0.1, -0.05) is 13.5 Å². The van der Waals surface area contributed by atoms with E-state index >= 15 is 0 Å². The molecule has 5 aromatic rings. The minimum atomic E-state index is -1.02. The van der Waals surface area contributed by atoms with Gasteiger partial charge in [-0.25, -0.2) is 50.2 Å². The van der Waals surface area contributed by atoms with E-state index < -0.39 is 23.3 Å². The van der Waals surface area contributed by atoms with Crippen LogP contribution in [-0.4, -0.2) is 74.5 Å². The Bertz CT molecular complexity index is 2220. The van der Waals surface area contributed by atoms with E-state index in [2.05, 4.69) is 63.8 Å². The summed E-state index contributed by atoms with van der Waals surface area (Å²) in [6.07, 6.45) is 6.28. The third-order valence-corrected chi connectivity index (χ3v) is 10.2. The van der Waals surface area contributed by atoms with Gasteiger partial charge in [-0.3, -0.25) is 9.13 Å². The topological polar surface area (TPSA) is 112 Å². The molecule has 2 aliphatic rings. The summed E-state index contributed by atoms with van der Waals surface area (Å²) in [5.41, 5.74) is 2.10. The van der Waals surface area contributed by atoms with Crippen molar-refractivity contribution in [1.82, 2.24) is 23.9 Å². The number of allylic oxidation sites excluding steroid dienone is 2. The Morgan fingerprint density at radius 3 is 1.54 bits per heavy atom. The Morgan fingerprint density at radius 1 is 0.709 bits per heavy atom. The van der Waals surface area contributed by atoms with Gasteiger partial charge in [-0.2, -0.15) is 5.10 Å². The van der Waals surface area contributed by atoms with Crippen molar-refractivity contribution >= 4 is 11.4 Å². The van der Waals surface area contributed by atoms with Gasteiger partial charge in [-0.05, 0) is 86.4 Å². The van der Waals surface area contributed by atoms with E-state index in [0.717, 1.165) is 55.1 Å². The van der Waals surface area contributed by atoms with Crippen LogP contribution in [0.4, 0.5) is 20.2 Å². The average molecular weight is 2660 g/mol. The van der Waals surface area contributed by atoms with Gasteiger partial charge in [0.2, 0.25) is 0 Å². The van der Waals surface area contributed by atoms with E-state index in [0.29, 0.717) is 36.7 Å². The van der Waals surface area contributed by atoms with Gasteiger partial charge in [0.1, 0.15) is 35.6 Å². The predicted octanol–water partition coefficient (Wildman–Crippen LogP) is 7.07. The quantitative estimate of drug-likeness (QED) is 0.0979. The number of halogens is 2. The van der Waals surface area contributed by atoms with Gasteiger partial charge in [-0.15, -0.1) is 0 Å². The first-order valence-electron chi connectivity index (χ1n) is 18.7. The second-order valence-electron chi connectivity index (χ2n) is 14.4. The molecule has 2 aromatic heterocycles. The fraction of sp³-hybridized carbons (Fsp3) is 0.341. The van der Waals surface area contributed by atoms with Crippen LogP contribution in [0.3, 0.4) is 0 Å². The minimum Gasteiger partial charge on any atom is -0.534 e. The number of aromatic nitrogens is 5. The van der Waals surface area contributed by atoms with E-state index in [1.54, 1.807) is 39.5 Å². The Hall–Kier alpha value is 17.2. The van der Waals surface area contributed by atoms with E-state index in [-0.39, 0.29) is 719 Å². The van der Waals surface area contributed by atoms with Crippen molar-refractivity contribution in [3.05, 3.63) is 158 Å². The van der Waals surface area contributed by atoms with Gasteiger partial charge in [0.05, 0.1) is 37.6 Å². The summed E-state index contributed by atoms with van der Waals surface area (Å²) in [5.74, 6) is 0.198. The third-order valence-electron chi connectivity index (χ3n) is 10.2. The standard InChI is InChI=1S/C37H41F2N7O4.C6H8O.CH4.21Y/c1-26(27(2)47)45-17-18-46(36(45)48)32-6-4-30(5-7-32)42-13-15-43(16-14-42)31-8-10-33(11-9-31)49-21-28-20-37(50-22-28,23-44-25-40-24-41-44)34-12-3-29(38)19-35(34)39;1-5(2)7-6(3)4;;;;;;;;;;;;;;;;;;;;;;/h3-12,17-19,24-28,47H,13-16,20-23H2,1-2H3;1-4H2;1H4;;;;;;;;;;;;;;;;;;;;;/q;-2;;;;;;;;;;;;;;;;;;;;;;/t26-,27-,28+,37-;;;;;;;;;;;;;;;;;;;;;;;/m0......................./s1. The number of hydrogen-bond acceptors (Lipinski definition) is 9. The molecule has 1 N–H and O–H groups in total. The Labute approximate surface area is 998 Å². The fourth-order valence-electron chi connectivity index (χ4n) is 7.13. The molecule has 35 heteroatoms. The molecule has 4 atom stereocenters. The summed E-state index contributed by atoms with van der Waals surface area (Å²) in [4.78, 5) is 21.6. The molecule has 2 saturated heterocycles. The fourth-order valence-corrected chi connectivity index (χ4v) is 7.13. The second kappa shape index (κ2) is 76.3. The van der Waals surface area contributed by atoms with Crippen molar-refractivity contribution in [3.63, 3.8) is 0 Å². The van der Waals surface area contributed by atoms with Crippen LogP contribution in [0.2, 0.25) is 0 Å². The monoisotopic (exact) mass is 2660 g/mol. The third kappa shape index (κ3) is 48.0. The van der Waals surface area contributed by atoms with Crippen molar-refractivity contribution in [2.75, 3.05) is 49.2 Å². The van der Waals surface area contributed by atoms with Gasteiger partial charge in [0, 0.05) is 754 Å². The summed E-state index contributed by atoms with van der Waals surface area (Å²) in [6.45, 7) is 21.4. The number of ether oxygens (including phenoxy) is 3. The molecule has 21 radical (unpaired) electrons. The molecule has 2 fully saturated rings. The maximum absolute atomic E-state index is 15.0. The first-order valence-corrected chi connectivity index (χ1v) is 18.7. The number of piperazine rings is 1. The molecule has 0 bridgehead atoms. The molecule has 0 unspecified atom stereocenters. The number of nitrogens with zero attached hydrogens (tertiary/aromatic N) is 7. The Morgan fingerprint density at radius 2 is 1.15 bits per heavy atom. The number of benzene rings is 3. The van der Waals surface area contributed by atoms with Crippen molar-refractivity contribution < 1.29 is 715 Å². The number of anilines is 2. The molecule has 0 aliphatic carbocycles. The molecule has 12 nitrogen and oxygen atoms in total. The van der Waals surface area contributed by atoms with E-state index in [1.165, 1.54) is 18.5 Å². The van der Waals surface area contributed by atoms with Crippen LogP contribution < -0.4 is 20.2 Å².